The minimum absolute atomic E-state index is 0.106. The van der Waals surface area contributed by atoms with Crippen LogP contribution in [0.25, 0.3) is 0 Å². The van der Waals surface area contributed by atoms with E-state index in [1.54, 1.807) is 0 Å². The van der Waals surface area contributed by atoms with E-state index in [0.717, 1.165) is 25.7 Å². The summed E-state index contributed by atoms with van der Waals surface area (Å²) in [5.74, 6) is -0.106. The Bertz CT molecular complexity index is 411. The summed E-state index contributed by atoms with van der Waals surface area (Å²) in [5.41, 5.74) is 0. The lowest BCUT2D eigenvalue weighted by Gasteiger charge is -2.03. The standard InChI is InChI=1S/C29H54O2/c1-3-4-5-6-7-8-9-10-11-12-13-14-15-16-17-18-19-20-21-22-23-24-25-26-27-28-29(30)31-2/h20-21,24-25H,3-19,22-23,26-28H2,1-2H3/b21-20-,25-24-. The Kier molecular flexibility index (Phi) is 26.1. The van der Waals surface area contributed by atoms with E-state index >= 15 is 0 Å². The minimum Gasteiger partial charge on any atom is -0.469 e. The van der Waals surface area contributed by atoms with Crippen molar-refractivity contribution in [3.63, 3.8) is 0 Å². The van der Waals surface area contributed by atoms with Gasteiger partial charge in [0.05, 0.1) is 7.11 Å². The third-order valence-corrected chi connectivity index (χ3v) is 6.04. The summed E-state index contributed by atoms with van der Waals surface area (Å²) in [5, 5.41) is 0. The lowest BCUT2D eigenvalue weighted by molar-refractivity contribution is -0.140. The second kappa shape index (κ2) is 27.0. The molecule has 0 spiro atoms. The first-order valence-electron chi connectivity index (χ1n) is 13.7. The molecule has 0 atom stereocenters. The van der Waals surface area contributed by atoms with E-state index in [-0.39, 0.29) is 5.97 Å². The van der Waals surface area contributed by atoms with E-state index in [9.17, 15) is 4.79 Å². The first-order chi connectivity index (χ1) is 15.3. The number of hydrogen-bond donors (Lipinski definition) is 0. The van der Waals surface area contributed by atoms with Crippen molar-refractivity contribution in [1.82, 2.24) is 0 Å². The van der Waals surface area contributed by atoms with E-state index in [4.69, 9.17) is 0 Å². The monoisotopic (exact) mass is 434 g/mol. The van der Waals surface area contributed by atoms with Crippen molar-refractivity contribution in [1.29, 1.82) is 0 Å². The van der Waals surface area contributed by atoms with Gasteiger partial charge in [0.25, 0.3) is 0 Å². The average Bonchev–Trinajstić information content (AvgIpc) is 2.78. The molecular formula is C29H54O2. The van der Waals surface area contributed by atoms with Gasteiger partial charge in [-0.15, -0.1) is 0 Å². The lowest BCUT2D eigenvalue weighted by Crippen LogP contribution is -1.98. The molecule has 0 aromatic rings. The number of ether oxygens (including phenoxy) is 1. The summed E-state index contributed by atoms with van der Waals surface area (Å²) in [6, 6.07) is 0. The maximum absolute atomic E-state index is 11.0. The maximum Gasteiger partial charge on any atom is 0.305 e. The Labute approximate surface area is 195 Å². The number of carbonyl (C=O) groups excluding carboxylic acids is 1. The molecular weight excluding hydrogens is 380 g/mol. The fourth-order valence-electron chi connectivity index (χ4n) is 3.94. The molecule has 0 aromatic heterocycles. The molecule has 0 saturated heterocycles. The number of esters is 1. The highest BCUT2D eigenvalue weighted by Crippen LogP contribution is 2.14. The van der Waals surface area contributed by atoms with Crippen LogP contribution >= 0.6 is 0 Å². The zero-order valence-electron chi connectivity index (χ0n) is 21.2. The Morgan fingerprint density at radius 2 is 0.871 bits per heavy atom. The highest BCUT2D eigenvalue weighted by atomic mass is 16.5. The predicted molar refractivity (Wildman–Crippen MR) is 138 cm³/mol. The van der Waals surface area contributed by atoms with Crippen LogP contribution in [0.15, 0.2) is 24.3 Å². The van der Waals surface area contributed by atoms with Crippen molar-refractivity contribution >= 4 is 5.97 Å². The summed E-state index contributed by atoms with van der Waals surface area (Å²) in [4.78, 5) is 11.0. The van der Waals surface area contributed by atoms with Crippen LogP contribution in [0.4, 0.5) is 0 Å². The molecule has 0 saturated carbocycles. The number of rotatable bonds is 24. The molecule has 0 bridgehead atoms. The first-order valence-corrected chi connectivity index (χ1v) is 13.7. The predicted octanol–water partition coefficient (Wildman–Crippen LogP) is 9.87. The van der Waals surface area contributed by atoms with E-state index in [2.05, 4.69) is 36.0 Å². The van der Waals surface area contributed by atoms with Crippen LogP contribution in [0.5, 0.6) is 0 Å². The molecule has 0 rings (SSSR count). The second-order valence-electron chi connectivity index (χ2n) is 9.08. The van der Waals surface area contributed by atoms with Gasteiger partial charge in [0.2, 0.25) is 0 Å². The van der Waals surface area contributed by atoms with Gasteiger partial charge in [-0.25, -0.2) is 0 Å². The van der Waals surface area contributed by atoms with Crippen LogP contribution in [0.2, 0.25) is 0 Å². The molecule has 2 nitrogen and oxygen atoms in total. The molecule has 182 valence electrons. The lowest BCUT2D eigenvalue weighted by atomic mass is 10.0. The molecule has 0 aliphatic heterocycles. The van der Waals surface area contributed by atoms with E-state index < -0.39 is 0 Å². The van der Waals surface area contributed by atoms with Gasteiger partial charge in [-0.2, -0.15) is 0 Å². The average molecular weight is 435 g/mol. The van der Waals surface area contributed by atoms with Crippen molar-refractivity contribution in [2.75, 3.05) is 7.11 Å². The van der Waals surface area contributed by atoms with Crippen LogP contribution in [0.3, 0.4) is 0 Å². The zero-order valence-corrected chi connectivity index (χ0v) is 21.2. The van der Waals surface area contributed by atoms with Gasteiger partial charge in [0.1, 0.15) is 0 Å². The zero-order chi connectivity index (χ0) is 22.7. The molecule has 0 radical (unpaired) electrons. The molecule has 0 aromatic carbocycles. The van der Waals surface area contributed by atoms with Gasteiger partial charge in [-0.1, -0.05) is 128 Å². The highest BCUT2D eigenvalue weighted by Gasteiger charge is 1.97. The van der Waals surface area contributed by atoms with Crippen LogP contribution < -0.4 is 0 Å². The van der Waals surface area contributed by atoms with E-state index in [0.29, 0.717) is 6.42 Å². The quantitative estimate of drug-likeness (QED) is 0.0858. The van der Waals surface area contributed by atoms with Crippen molar-refractivity contribution in [2.45, 2.75) is 148 Å². The third kappa shape index (κ3) is 26.9. The summed E-state index contributed by atoms with van der Waals surface area (Å²) >= 11 is 0. The van der Waals surface area contributed by atoms with Gasteiger partial charge in [-0.05, 0) is 38.5 Å². The van der Waals surface area contributed by atoms with Gasteiger partial charge in [-0.3, -0.25) is 4.79 Å². The molecule has 0 heterocycles. The molecule has 31 heavy (non-hydrogen) atoms. The Balaban J connectivity index is 3.15. The fourth-order valence-corrected chi connectivity index (χ4v) is 3.94. The molecule has 0 fully saturated rings. The van der Waals surface area contributed by atoms with Gasteiger partial charge in [0.15, 0.2) is 0 Å². The summed E-state index contributed by atoms with van der Waals surface area (Å²) < 4.78 is 4.63. The molecule has 0 aliphatic rings. The molecule has 0 aliphatic carbocycles. The Morgan fingerprint density at radius 3 is 1.29 bits per heavy atom. The normalized spacial score (nSPS) is 11.7. The smallest absolute Gasteiger partial charge is 0.305 e. The van der Waals surface area contributed by atoms with Gasteiger partial charge >= 0.3 is 5.97 Å². The molecule has 2 heteroatoms. The van der Waals surface area contributed by atoms with Gasteiger partial charge in [0, 0.05) is 6.42 Å². The minimum atomic E-state index is -0.106. The SMILES string of the molecule is CCCCCCCCCCCCCCCCCC/C=C\CC/C=C\CCCC(=O)OC. The third-order valence-electron chi connectivity index (χ3n) is 6.04. The molecule has 0 amide bonds. The summed E-state index contributed by atoms with van der Waals surface area (Å²) in [7, 11) is 1.45. The van der Waals surface area contributed by atoms with Crippen LogP contribution in [0, 0.1) is 0 Å². The van der Waals surface area contributed by atoms with Crippen molar-refractivity contribution in [2.24, 2.45) is 0 Å². The topological polar surface area (TPSA) is 26.3 Å². The van der Waals surface area contributed by atoms with E-state index in [1.165, 1.54) is 116 Å². The van der Waals surface area contributed by atoms with Crippen LogP contribution in [-0.2, 0) is 9.53 Å². The fraction of sp³-hybridized carbons (Fsp3) is 0.828. The Hall–Kier alpha value is -1.05. The summed E-state index contributed by atoms with van der Waals surface area (Å²) in [6.07, 6.45) is 37.9. The highest BCUT2D eigenvalue weighted by molar-refractivity contribution is 5.69. The number of hydrogen-bond acceptors (Lipinski definition) is 2. The number of unbranched alkanes of at least 4 members (excludes halogenated alkanes) is 18. The van der Waals surface area contributed by atoms with Crippen molar-refractivity contribution in [3.8, 4) is 0 Å². The van der Waals surface area contributed by atoms with Crippen molar-refractivity contribution < 1.29 is 9.53 Å². The summed E-state index contributed by atoms with van der Waals surface area (Å²) in [6.45, 7) is 2.29. The van der Waals surface area contributed by atoms with E-state index in [1.807, 2.05) is 0 Å². The number of carbonyl (C=O) groups is 1. The Morgan fingerprint density at radius 1 is 0.516 bits per heavy atom. The second-order valence-corrected chi connectivity index (χ2v) is 9.08. The molecule has 0 N–H and O–H groups in total. The van der Waals surface area contributed by atoms with Crippen LogP contribution in [-0.4, -0.2) is 13.1 Å². The van der Waals surface area contributed by atoms with Crippen molar-refractivity contribution in [3.05, 3.63) is 24.3 Å². The van der Waals surface area contributed by atoms with Crippen LogP contribution in [0.1, 0.15) is 148 Å². The number of allylic oxidation sites excluding steroid dienone is 4. The number of methoxy groups -OCH3 is 1. The maximum atomic E-state index is 11.0. The van der Waals surface area contributed by atoms with Gasteiger partial charge < -0.3 is 4.74 Å². The largest absolute Gasteiger partial charge is 0.469 e. The molecule has 0 unspecified atom stereocenters. The first kappa shape index (κ1) is 29.9.